The fourth-order valence-corrected chi connectivity index (χ4v) is 4.47. The van der Waals surface area contributed by atoms with Gasteiger partial charge in [-0.05, 0) is 43.5 Å². The Labute approximate surface area is 148 Å². The largest absolute Gasteiger partial charge is 0.334 e. The van der Waals surface area contributed by atoms with E-state index in [2.05, 4.69) is 4.98 Å². The summed E-state index contributed by atoms with van der Waals surface area (Å²) in [6, 6.07) is 13.9. The minimum atomic E-state index is -3.44. The highest BCUT2D eigenvalue weighted by Gasteiger charge is 2.29. The van der Waals surface area contributed by atoms with Crippen molar-refractivity contribution >= 4 is 15.7 Å². The van der Waals surface area contributed by atoms with Crippen LogP contribution in [0.1, 0.15) is 37.4 Å². The summed E-state index contributed by atoms with van der Waals surface area (Å²) in [7, 11) is -3.44. The van der Waals surface area contributed by atoms with Crippen molar-refractivity contribution in [2.75, 3.05) is 12.3 Å². The van der Waals surface area contributed by atoms with Gasteiger partial charge in [0.1, 0.15) is 0 Å². The molecule has 2 aromatic rings. The van der Waals surface area contributed by atoms with Gasteiger partial charge in [-0.1, -0.05) is 24.3 Å². The fraction of sp³-hybridized carbons (Fsp3) is 0.368. The fourth-order valence-electron chi connectivity index (χ4n) is 3.22. The lowest BCUT2D eigenvalue weighted by atomic mass is 9.98. The summed E-state index contributed by atoms with van der Waals surface area (Å²) < 4.78 is 24.8. The lowest BCUT2D eigenvalue weighted by molar-refractivity contribution is -0.134. The topological polar surface area (TPSA) is 67.3 Å². The van der Waals surface area contributed by atoms with Gasteiger partial charge in [0.25, 0.3) is 0 Å². The molecule has 0 N–H and O–H groups in total. The number of piperidine rings is 1. The van der Waals surface area contributed by atoms with Crippen molar-refractivity contribution in [3.05, 3.63) is 60.4 Å². The van der Waals surface area contributed by atoms with E-state index in [0.29, 0.717) is 6.54 Å². The summed E-state index contributed by atoms with van der Waals surface area (Å²) in [5.74, 6) is -0.281. The van der Waals surface area contributed by atoms with Crippen molar-refractivity contribution < 1.29 is 13.2 Å². The van der Waals surface area contributed by atoms with Crippen LogP contribution in [0.2, 0.25) is 0 Å². The van der Waals surface area contributed by atoms with Crippen LogP contribution in [0.4, 0.5) is 0 Å². The minimum Gasteiger partial charge on any atom is -0.334 e. The minimum absolute atomic E-state index is 0.000557. The van der Waals surface area contributed by atoms with Gasteiger partial charge in [-0.25, -0.2) is 8.42 Å². The third-order valence-corrected chi connectivity index (χ3v) is 6.27. The first-order chi connectivity index (χ1) is 12.1. The molecule has 0 saturated carbocycles. The molecule has 6 heteroatoms. The van der Waals surface area contributed by atoms with Crippen LogP contribution in [-0.4, -0.2) is 36.5 Å². The van der Waals surface area contributed by atoms with Crippen LogP contribution in [0.3, 0.4) is 0 Å². The van der Waals surface area contributed by atoms with E-state index in [1.807, 2.05) is 18.2 Å². The van der Waals surface area contributed by atoms with Crippen molar-refractivity contribution in [2.24, 2.45) is 0 Å². The molecule has 5 nitrogen and oxygen atoms in total. The Kier molecular flexibility index (Phi) is 5.48. The van der Waals surface area contributed by atoms with Crippen LogP contribution in [0.5, 0.6) is 0 Å². The second kappa shape index (κ2) is 7.78. The Morgan fingerprint density at radius 1 is 1.08 bits per heavy atom. The first kappa shape index (κ1) is 17.6. The number of aromatic nitrogens is 1. The molecule has 0 spiro atoms. The number of sulfone groups is 1. The number of rotatable bonds is 5. The number of likely N-dealkylation sites (tertiary alicyclic amines) is 1. The molecule has 1 saturated heterocycles. The van der Waals surface area contributed by atoms with E-state index in [1.165, 1.54) is 0 Å². The first-order valence-corrected chi connectivity index (χ1v) is 10.2. The van der Waals surface area contributed by atoms with Crippen molar-refractivity contribution in [3.63, 3.8) is 0 Å². The molecule has 1 aromatic heterocycles. The molecule has 1 fully saturated rings. The number of carbonyl (C=O) groups is 1. The molecule has 2 heterocycles. The van der Waals surface area contributed by atoms with E-state index in [-0.39, 0.29) is 29.0 Å². The van der Waals surface area contributed by atoms with E-state index in [1.54, 1.807) is 41.4 Å². The normalized spacial score (nSPS) is 18.1. The van der Waals surface area contributed by atoms with Crippen molar-refractivity contribution in [1.82, 2.24) is 9.88 Å². The average molecular weight is 358 g/mol. The van der Waals surface area contributed by atoms with Gasteiger partial charge in [-0.3, -0.25) is 9.78 Å². The third-order valence-electron chi connectivity index (χ3n) is 4.54. The summed E-state index contributed by atoms with van der Waals surface area (Å²) in [6.45, 7) is 0.658. The molecule has 25 heavy (non-hydrogen) atoms. The zero-order valence-corrected chi connectivity index (χ0v) is 14.9. The monoisotopic (exact) mass is 358 g/mol. The van der Waals surface area contributed by atoms with Crippen LogP contribution in [0.25, 0.3) is 0 Å². The predicted molar refractivity (Wildman–Crippen MR) is 95.7 cm³/mol. The first-order valence-electron chi connectivity index (χ1n) is 8.56. The van der Waals surface area contributed by atoms with E-state index in [0.717, 1.165) is 25.0 Å². The molecule has 0 aliphatic carbocycles. The summed E-state index contributed by atoms with van der Waals surface area (Å²) in [5.41, 5.74) is 0.876. The molecule has 0 radical (unpaired) electrons. The van der Waals surface area contributed by atoms with Crippen LogP contribution < -0.4 is 0 Å². The van der Waals surface area contributed by atoms with E-state index < -0.39 is 9.84 Å². The van der Waals surface area contributed by atoms with Gasteiger partial charge in [0.2, 0.25) is 5.91 Å². The molecule has 0 bridgehead atoms. The molecular formula is C19H22N2O3S. The zero-order valence-electron chi connectivity index (χ0n) is 14.0. The average Bonchev–Trinajstić information content (AvgIpc) is 2.67. The molecule has 1 aromatic carbocycles. The van der Waals surface area contributed by atoms with Crippen molar-refractivity contribution in [2.45, 2.75) is 36.6 Å². The van der Waals surface area contributed by atoms with Gasteiger partial charge in [0, 0.05) is 19.2 Å². The molecule has 1 aliphatic heterocycles. The number of amides is 1. The van der Waals surface area contributed by atoms with Crippen LogP contribution >= 0.6 is 0 Å². The van der Waals surface area contributed by atoms with Crippen molar-refractivity contribution in [3.8, 4) is 0 Å². The molecule has 1 aliphatic rings. The van der Waals surface area contributed by atoms with E-state index >= 15 is 0 Å². The molecule has 1 unspecified atom stereocenters. The van der Waals surface area contributed by atoms with E-state index in [4.69, 9.17) is 0 Å². The summed E-state index contributed by atoms with van der Waals surface area (Å²) in [5, 5.41) is 0. The molecule has 3 rings (SSSR count). The van der Waals surface area contributed by atoms with Gasteiger partial charge in [0.15, 0.2) is 9.84 Å². The van der Waals surface area contributed by atoms with Crippen LogP contribution in [0, 0.1) is 0 Å². The Morgan fingerprint density at radius 3 is 2.56 bits per heavy atom. The number of nitrogens with zero attached hydrogens (tertiary/aromatic N) is 2. The Morgan fingerprint density at radius 2 is 1.84 bits per heavy atom. The summed E-state index contributed by atoms with van der Waals surface area (Å²) in [6.07, 6.45) is 4.59. The molecular weight excluding hydrogens is 336 g/mol. The number of pyridine rings is 1. The predicted octanol–water partition coefficient (Wildman–Crippen LogP) is 3.00. The van der Waals surface area contributed by atoms with Crippen LogP contribution in [-0.2, 0) is 14.6 Å². The Hall–Kier alpha value is -2.21. The SMILES string of the molecule is O=C(CCS(=O)(=O)c1ccccc1)N1CCCCC1c1ccccn1. The lowest BCUT2D eigenvalue weighted by Crippen LogP contribution is -2.39. The maximum absolute atomic E-state index is 12.7. The summed E-state index contributed by atoms with van der Waals surface area (Å²) >= 11 is 0. The highest BCUT2D eigenvalue weighted by molar-refractivity contribution is 7.91. The number of benzene rings is 1. The summed E-state index contributed by atoms with van der Waals surface area (Å²) in [4.78, 5) is 19.1. The number of carbonyl (C=O) groups excluding carboxylic acids is 1. The molecule has 1 amide bonds. The zero-order chi connectivity index (χ0) is 17.7. The number of hydrogen-bond donors (Lipinski definition) is 0. The standard InChI is InChI=1S/C19H22N2O3S/c22-19(12-15-25(23,24)16-8-2-1-3-9-16)21-14-7-5-11-18(21)17-10-4-6-13-20-17/h1-4,6,8-10,13,18H,5,7,11-12,14-15H2. The second-order valence-electron chi connectivity index (χ2n) is 6.24. The lowest BCUT2D eigenvalue weighted by Gasteiger charge is -2.35. The number of hydrogen-bond acceptors (Lipinski definition) is 4. The van der Waals surface area contributed by atoms with E-state index in [9.17, 15) is 13.2 Å². The highest BCUT2D eigenvalue weighted by atomic mass is 32.2. The van der Waals surface area contributed by atoms with Crippen molar-refractivity contribution in [1.29, 1.82) is 0 Å². The van der Waals surface area contributed by atoms with Gasteiger partial charge in [-0.2, -0.15) is 0 Å². The maximum atomic E-state index is 12.7. The maximum Gasteiger partial charge on any atom is 0.224 e. The quantitative estimate of drug-likeness (QED) is 0.824. The Bertz CT molecular complexity index is 807. The second-order valence-corrected chi connectivity index (χ2v) is 8.34. The molecule has 1 atom stereocenters. The highest BCUT2D eigenvalue weighted by Crippen LogP contribution is 2.30. The van der Waals surface area contributed by atoms with Gasteiger partial charge >= 0.3 is 0 Å². The van der Waals surface area contributed by atoms with Crippen LogP contribution in [0.15, 0.2) is 59.6 Å². The third kappa shape index (κ3) is 4.25. The van der Waals surface area contributed by atoms with Gasteiger partial charge in [-0.15, -0.1) is 0 Å². The van der Waals surface area contributed by atoms with Gasteiger partial charge < -0.3 is 4.90 Å². The smallest absolute Gasteiger partial charge is 0.224 e. The Balaban J connectivity index is 1.69. The van der Waals surface area contributed by atoms with Gasteiger partial charge in [0.05, 0.1) is 22.4 Å². The molecule has 132 valence electrons.